The number of unbranched alkanes of at least 4 members (excludes halogenated alkanes) is 2. The summed E-state index contributed by atoms with van der Waals surface area (Å²) in [6.45, 7) is 5.86. The molecule has 136 valence electrons. The Labute approximate surface area is 148 Å². The highest BCUT2D eigenvalue weighted by Gasteiger charge is 2.24. The summed E-state index contributed by atoms with van der Waals surface area (Å²) in [5, 5.41) is 0. The van der Waals surface area contributed by atoms with Crippen LogP contribution in [0, 0.1) is 11.8 Å². The summed E-state index contributed by atoms with van der Waals surface area (Å²) in [6.07, 6.45) is 14.0. The minimum atomic E-state index is 0.709. The van der Waals surface area contributed by atoms with Crippen molar-refractivity contribution in [2.75, 3.05) is 13.2 Å². The molecule has 2 atom stereocenters. The number of benzene rings is 1. The Kier molecular flexibility index (Phi) is 9.09. The average Bonchev–Trinajstić information content (AvgIpc) is 2.62. The molecule has 2 heteroatoms. The lowest BCUT2D eigenvalue weighted by Gasteiger charge is -2.31. The largest absolute Gasteiger partial charge is 0.494 e. The van der Waals surface area contributed by atoms with E-state index in [1.54, 1.807) is 0 Å². The van der Waals surface area contributed by atoms with E-state index in [0.717, 1.165) is 29.9 Å². The van der Waals surface area contributed by atoms with Crippen molar-refractivity contribution < 1.29 is 9.47 Å². The molecule has 1 saturated carbocycles. The standard InChI is InChI=1S/C22H36O2/c1-3-5-6-10-19-11-7-8-12-20(19)13-9-18-24-22-16-14-21(15-17-22)23-4-2/h14-17,19-20H,3-13,18H2,1-2H3. The highest BCUT2D eigenvalue weighted by Crippen LogP contribution is 2.36. The average molecular weight is 333 g/mol. The van der Waals surface area contributed by atoms with Gasteiger partial charge in [0, 0.05) is 0 Å². The van der Waals surface area contributed by atoms with Crippen molar-refractivity contribution in [3.8, 4) is 11.5 Å². The Morgan fingerprint density at radius 2 is 1.38 bits per heavy atom. The van der Waals surface area contributed by atoms with E-state index in [4.69, 9.17) is 9.47 Å². The van der Waals surface area contributed by atoms with Crippen LogP contribution in [0.25, 0.3) is 0 Å². The molecular weight excluding hydrogens is 296 g/mol. The van der Waals surface area contributed by atoms with Gasteiger partial charge in [0.05, 0.1) is 13.2 Å². The first kappa shape index (κ1) is 19.1. The molecule has 2 nitrogen and oxygen atoms in total. The van der Waals surface area contributed by atoms with Crippen LogP contribution in [0.15, 0.2) is 24.3 Å². The van der Waals surface area contributed by atoms with Gasteiger partial charge < -0.3 is 9.47 Å². The normalized spacial score (nSPS) is 20.8. The van der Waals surface area contributed by atoms with Crippen molar-refractivity contribution in [2.24, 2.45) is 11.8 Å². The van der Waals surface area contributed by atoms with Crippen LogP contribution in [0.3, 0.4) is 0 Å². The van der Waals surface area contributed by atoms with E-state index in [-0.39, 0.29) is 0 Å². The second-order valence-electron chi connectivity index (χ2n) is 7.20. The van der Waals surface area contributed by atoms with Gasteiger partial charge in [0.2, 0.25) is 0 Å². The van der Waals surface area contributed by atoms with E-state index < -0.39 is 0 Å². The van der Waals surface area contributed by atoms with Crippen molar-refractivity contribution in [2.45, 2.75) is 78.1 Å². The molecule has 0 N–H and O–H groups in total. The molecule has 1 aromatic rings. The van der Waals surface area contributed by atoms with Gasteiger partial charge in [-0.1, -0.05) is 58.3 Å². The first-order valence-electron chi connectivity index (χ1n) is 10.2. The second kappa shape index (κ2) is 11.4. The van der Waals surface area contributed by atoms with Crippen LogP contribution in [-0.4, -0.2) is 13.2 Å². The molecule has 0 aromatic heterocycles. The number of hydrogen-bond acceptors (Lipinski definition) is 2. The quantitative estimate of drug-likeness (QED) is 0.423. The monoisotopic (exact) mass is 332 g/mol. The van der Waals surface area contributed by atoms with Crippen molar-refractivity contribution in [1.82, 2.24) is 0 Å². The zero-order chi connectivity index (χ0) is 17.0. The van der Waals surface area contributed by atoms with E-state index in [9.17, 15) is 0 Å². The maximum Gasteiger partial charge on any atom is 0.119 e. The summed E-state index contributed by atoms with van der Waals surface area (Å²) in [4.78, 5) is 0. The molecule has 0 saturated heterocycles. The SMILES string of the molecule is CCCCCC1CCCCC1CCCOc1ccc(OCC)cc1. The van der Waals surface area contributed by atoms with Gasteiger partial charge in [0.1, 0.15) is 11.5 Å². The lowest BCUT2D eigenvalue weighted by atomic mass is 9.74. The summed E-state index contributed by atoms with van der Waals surface area (Å²) in [5.41, 5.74) is 0. The van der Waals surface area contributed by atoms with Gasteiger partial charge in [0.15, 0.2) is 0 Å². The smallest absolute Gasteiger partial charge is 0.119 e. The molecule has 1 fully saturated rings. The number of hydrogen-bond donors (Lipinski definition) is 0. The number of ether oxygens (including phenoxy) is 2. The molecule has 1 aliphatic rings. The van der Waals surface area contributed by atoms with Gasteiger partial charge in [-0.2, -0.15) is 0 Å². The third-order valence-corrected chi connectivity index (χ3v) is 5.37. The summed E-state index contributed by atoms with van der Waals surface area (Å²) in [5.74, 6) is 3.80. The van der Waals surface area contributed by atoms with Gasteiger partial charge in [-0.25, -0.2) is 0 Å². The van der Waals surface area contributed by atoms with Crippen molar-refractivity contribution >= 4 is 0 Å². The van der Waals surface area contributed by atoms with Gasteiger partial charge in [-0.3, -0.25) is 0 Å². The molecule has 0 heterocycles. The summed E-state index contributed by atoms with van der Waals surface area (Å²) >= 11 is 0. The predicted octanol–water partition coefficient (Wildman–Crippen LogP) is 6.63. The van der Waals surface area contributed by atoms with Crippen molar-refractivity contribution in [1.29, 1.82) is 0 Å². The fourth-order valence-electron chi connectivity index (χ4n) is 4.04. The molecule has 1 aromatic carbocycles. The lowest BCUT2D eigenvalue weighted by Crippen LogP contribution is -2.20. The predicted molar refractivity (Wildman–Crippen MR) is 102 cm³/mol. The molecule has 24 heavy (non-hydrogen) atoms. The molecule has 0 bridgehead atoms. The topological polar surface area (TPSA) is 18.5 Å². The fraction of sp³-hybridized carbons (Fsp3) is 0.727. The van der Waals surface area contributed by atoms with Crippen LogP contribution in [0.4, 0.5) is 0 Å². The maximum absolute atomic E-state index is 5.91. The van der Waals surface area contributed by atoms with E-state index in [1.807, 2.05) is 31.2 Å². The second-order valence-corrected chi connectivity index (χ2v) is 7.20. The Hall–Kier alpha value is -1.18. The van der Waals surface area contributed by atoms with Crippen LogP contribution in [0.1, 0.15) is 78.1 Å². The third kappa shape index (κ3) is 6.75. The summed E-state index contributed by atoms with van der Waals surface area (Å²) in [7, 11) is 0. The van der Waals surface area contributed by atoms with Gasteiger partial charge in [-0.15, -0.1) is 0 Å². The molecule has 2 unspecified atom stereocenters. The van der Waals surface area contributed by atoms with E-state index in [2.05, 4.69) is 6.92 Å². The molecule has 0 radical (unpaired) electrons. The van der Waals surface area contributed by atoms with Crippen LogP contribution < -0.4 is 9.47 Å². The van der Waals surface area contributed by atoms with Crippen LogP contribution >= 0.6 is 0 Å². The first-order chi connectivity index (χ1) is 11.8. The van der Waals surface area contributed by atoms with Crippen molar-refractivity contribution in [3.63, 3.8) is 0 Å². The van der Waals surface area contributed by atoms with Gasteiger partial charge in [0.25, 0.3) is 0 Å². The van der Waals surface area contributed by atoms with E-state index in [1.165, 1.54) is 64.2 Å². The maximum atomic E-state index is 5.91. The number of rotatable bonds is 11. The fourth-order valence-corrected chi connectivity index (χ4v) is 4.04. The van der Waals surface area contributed by atoms with E-state index >= 15 is 0 Å². The van der Waals surface area contributed by atoms with Crippen LogP contribution in [-0.2, 0) is 0 Å². The third-order valence-electron chi connectivity index (χ3n) is 5.37. The van der Waals surface area contributed by atoms with E-state index in [0.29, 0.717) is 6.61 Å². The Bertz CT molecular complexity index is 426. The van der Waals surface area contributed by atoms with Crippen LogP contribution in [0.5, 0.6) is 11.5 Å². The summed E-state index contributed by atoms with van der Waals surface area (Å²) < 4.78 is 11.4. The zero-order valence-electron chi connectivity index (χ0n) is 15.8. The molecule has 2 rings (SSSR count). The van der Waals surface area contributed by atoms with Gasteiger partial charge in [-0.05, 0) is 55.9 Å². The highest BCUT2D eigenvalue weighted by atomic mass is 16.5. The Morgan fingerprint density at radius 3 is 1.96 bits per heavy atom. The minimum Gasteiger partial charge on any atom is -0.494 e. The minimum absolute atomic E-state index is 0.709. The molecular formula is C22H36O2. The molecule has 0 spiro atoms. The Morgan fingerprint density at radius 1 is 0.792 bits per heavy atom. The lowest BCUT2D eigenvalue weighted by molar-refractivity contribution is 0.190. The zero-order valence-corrected chi connectivity index (χ0v) is 15.8. The molecule has 1 aliphatic carbocycles. The first-order valence-corrected chi connectivity index (χ1v) is 10.2. The van der Waals surface area contributed by atoms with Crippen LogP contribution in [0.2, 0.25) is 0 Å². The Balaban J connectivity index is 1.66. The molecule has 0 aliphatic heterocycles. The summed E-state index contributed by atoms with van der Waals surface area (Å²) in [6, 6.07) is 8.01. The van der Waals surface area contributed by atoms with Gasteiger partial charge >= 0.3 is 0 Å². The van der Waals surface area contributed by atoms with Crippen molar-refractivity contribution in [3.05, 3.63) is 24.3 Å². The molecule has 0 amide bonds. The highest BCUT2D eigenvalue weighted by molar-refractivity contribution is 5.31.